The van der Waals surface area contributed by atoms with E-state index in [4.69, 9.17) is 10.5 Å². The van der Waals surface area contributed by atoms with Gasteiger partial charge in [0.25, 0.3) is 0 Å². The molecule has 4 aromatic rings. The highest BCUT2D eigenvalue weighted by molar-refractivity contribution is 6.00. The van der Waals surface area contributed by atoms with Crippen molar-refractivity contribution >= 4 is 39.8 Å². The average molecular weight is 500 g/mol. The van der Waals surface area contributed by atoms with Crippen LogP contribution in [-0.2, 0) is 9.53 Å². The van der Waals surface area contributed by atoms with Gasteiger partial charge < -0.3 is 26.0 Å². The van der Waals surface area contributed by atoms with E-state index in [0.29, 0.717) is 41.4 Å². The van der Waals surface area contributed by atoms with Crippen LogP contribution in [0.5, 0.6) is 0 Å². The van der Waals surface area contributed by atoms with Gasteiger partial charge in [-0.15, -0.1) is 0 Å². The molecule has 1 atom stereocenters. The highest BCUT2D eigenvalue weighted by Crippen LogP contribution is 2.31. The molecule has 2 aromatic carbocycles. The molecule has 0 spiro atoms. The van der Waals surface area contributed by atoms with Crippen molar-refractivity contribution in [2.24, 2.45) is 5.73 Å². The molecule has 1 aliphatic heterocycles. The van der Waals surface area contributed by atoms with Gasteiger partial charge in [-0.3, -0.25) is 9.78 Å². The Hall–Kier alpha value is -4.41. The highest BCUT2D eigenvalue weighted by Gasteiger charge is 2.19. The molecule has 188 valence electrons. The summed E-state index contributed by atoms with van der Waals surface area (Å²) in [7, 11) is 0. The first-order chi connectivity index (χ1) is 18.0. The number of morpholine rings is 1. The largest absolute Gasteiger partial charge is 0.373 e. The molecule has 1 aliphatic rings. The number of aromatic nitrogens is 3. The maximum atomic E-state index is 15.1. The van der Waals surface area contributed by atoms with E-state index in [2.05, 4.69) is 37.1 Å². The fourth-order valence-corrected chi connectivity index (χ4v) is 4.20. The molecule has 0 saturated carbocycles. The van der Waals surface area contributed by atoms with Crippen LogP contribution in [0, 0.1) is 5.82 Å². The van der Waals surface area contributed by atoms with Crippen molar-refractivity contribution in [1.29, 1.82) is 0 Å². The van der Waals surface area contributed by atoms with Crippen molar-refractivity contribution in [3.05, 3.63) is 79.4 Å². The summed E-state index contributed by atoms with van der Waals surface area (Å²) < 4.78 is 20.7. The molecule has 2 aromatic heterocycles. The fraction of sp³-hybridized carbons (Fsp3) is 0.185. The molecule has 1 amide bonds. The molecule has 4 N–H and O–H groups in total. The smallest absolute Gasteiger partial charge is 0.247 e. The number of hydrogen-bond acceptors (Lipinski definition) is 8. The Morgan fingerprint density at radius 2 is 2.03 bits per heavy atom. The Morgan fingerprint density at radius 3 is 2.81 bits per heavy atom. The van der Waals surface area contributed by atoms with E-state index in [1.165, 1.54) is 12.3 Å². The molecule has 0 radical (unpaired) electrons. The molecule has 0 unspecified atom stereocenters. The van der Waals surface area contributed by atoms with Gasteiger partial charge in [-0.2, -0.15) is 0 Å². The van der Waals surface area contributed by atoms with Crippen LogP contribution in [0.3, 0.4) is 0 Å². The summed E-state index contributed by atoms with van der Waals surface area (Å²) in [4.78, 5) is 27.2. The average Bonchev–Trinajstić information content (AvgIpc) is 2.93. The number of fused-ring (bicyclic) bond motifs is 1. The second-order valence-corrected chi connectivity index (χ2v) is 8.52. The first kappa shape index (κ1) is 24.3. The maximum Gasteiger partial charge on any atom is 0.247 e. The molecular weight excluding hydrogens is 473 g/mol. The van der Waals surface area contributed by atoms with E-state index in [0.717, 1.165) is 30.5 Å². The zero-order chi connectivity index (χ0) is 25.8. The molecule has 5 rings (SSSR count). The Bertz CT molecular complexity index is 1440. The van der Waals surface area contributed by atoms with Gasteiger partial charge >= 0.3 is 0 Å². The third-order valence-corrected chi connectivity index (χ3v) is 6.06. The van der Waals surface area contributed by atoms with Gasteiger partial charge in [-0.1, -0.05) is 6.58 Å². The normalized spacial score (nSPS) is 15.4. The third kappa shape index (κ3) is 5.40. The number of benzene rings is 2. The maximum absolute atomic E-state index is 15.1. The van der Waals surface area contributed by atoms with Gasteiger partial charge in [0.1, 0.15) is 5.82 Å². The summed E-state index contributed by atoms with van der Waals surface area (Å²) in [5.74, 6) is -0.538. The zero-order valence-electron chi connectivity index (χ0n) is 20.0. The Morgan fingerprint density at radius 1 is 1.19 bits per heavy atom. The van der Waals surface area contributed by atoms with Crippen molar-refractivity contribution in [2.75, 3.05) is 41.8 Å². The number of rotatable bonds is 7. The van der Waals surface area contributed by atoms with Crippen LogP contribution in [0.15, 0.2) is 73.6 Å². The molecular formula is C27H26FN7O2. The lowest BCUT2D eigenvalue weighted by Gasteiger charge is -2.34. The molecule has 1 fully saturated rings. The van der Waals surface area contributed by atoms with E-state index in [1.54, 1.807) is 24.4 Å². The standard InChI is InChI=1S/C27H26FN7O2/c1-2-24(36)32-19-9-10-30-23(13-19)25-22(28)8-3-17-15-31-27(34-26(17)25)33-18-4-6-20(7-5-18)35-11-12-37-21(14-29)16-35/h2-10,13,15,21H,1,11-12,14,16,29H2,(H,30,32,36)(H,31,33,34)/t21-/m1/s1. The topological polar surface area (TPSA) is 118 Å². The number of ether oxygens (including phenoxy) is 1. The van der Waals surface area contributed by atoms with Crippen LogP contribution in [0.2, 0.25) is 0 Å². The number of carbonyl (C=O) groups is 1. The number of nitrogens with two attached hydrogens (primary N) is 1. The molecule has 3 heterocycles. The summed E-state index contributed by atoms with van der Waals surface area (Å²) in [6.45, 7) is 6.13. The van der Waals surface area contributed by atoms with E-state index in [9.17, 15) is 4.79 Å². The van der Waals surface area contributed by atoms with Gasteiger partial charge in [0, 0.05) is 54.5 Å². The number of nitrogens with one attached hydrogen (secondary N) is 2. The van der Waals surface area contributed by atoms with E-state index in [-0.39, 0.29) is 17.6 Å². The van der Waals surface area contributed by atoms with Gasteiger partial charge in [0.05, 0.1) is 29.5 Å². The lowest BCUT2D eigenvalue weighted by Crippen LogP contribution is -2.45. The van der Waals surface area contributed by atoms with Gasteiger partial charge in [0.2, 0.25) is 11.9 Å². The summed E-state index contributed by atoms with van der Waals surface area (Å²) in [6.07, 6.45) is 4.32. The SMILES string of the molecule is C=CC(=O)Nc1ccnc(-c2c(F)ccc3cnc(Nc4ccc(N5CCO[C@H](CN)C5)cc4)nc23)c1. The quantitative estimate of drug-likeness (QED) is 0.328. The van der Waals surface area contributed by atoms with Crippen molar-refractivity contribution in [3.63, 3.8) is 0 Å². The summed E-state index contributed by atoms with van der Waals surface area (Å²) in [5, 5.41) is 6.51. The van der Waals surface area contributed by atoms with E-state index >= 15 is 4.39 Å². The van der Waals surface area contributed by atoms with E-state index in [1.807, 2.05) is 24.3 Å². The van der Waals surface area contributed by atoms with Crippen LogP contribution in [0.4, 0.5) is 27.4 Å². The van der Waals surface area contributed by atoms with Gasteiger partial charge in [-0.05, 0) is 54.6 Å². The predicted octanol–water partition coefficient (Wildman–Crippen LogP) is 3.86. The monoisotopic (exact) mass is 499 g/mol. The number of pyridine rings is 1. The number of carbonyl (C=O) groups excluding carboxylic acids is 1. The Kier molecular flexibility index (Phi) is 7.02. The number of nitrogens with zero attached hydrogens (tertiary/aromatic N) is 4. The summed E-state index contributed by atoms with van der Waals surface area (Å²) in [6, 6.07) is 14.1. The predicted molar refractivity (Wildman–Crippen MR) is 142 cm³/mol. The van der Waals surface area contributed by atoms with Gasteiger partial charge in [0.15, 0.2) is 0 Å². The second kappa shape index (κ2) is 10.7. The number of anilines is 4. The lowest BCUT2D eigenvalue weighted by atomic mass is 10.1. The minimum absolute atomic E-state index is 0.0283. The first-order valence-corrected chi connectivity index (χ1v) is 11.8. The van der Waals surface area contributed by atoms with Crippen molar-refractivity contribution < 1.29 is 13.9 Å². The van der Waals surface area contributed by atoms with Crippen LogP contribution >= 0.6 is 0 Å². The minimum Gasteiger partial charge on any atom is -0.373 e. The molecule has 37 heavy (non-hydrogen) atoms. The Balaban J connectivity index is 1.42. The number of amides is 1. The highest BCUT2D eigenvalue weighted by atomic mass is 19.1. The second-order valence-electron chi connectivity index (χ2n) is 8.52. The minimum atomic E-state index is -0.484. The zero-order valence-corrected chi connectivity index (χ0v) is 20.0. The van der Waals surface area contributed by atoms with Crippen LogP contribution in [-0.4, -0.2) is 53.2 Å². The van der Waals surface area contributed by atoms with Gasteiger partial charge in [-0.25, -0.2) is 14.4 Å². The first-order valence-electron chi connectivity index (χ1n) is 11.8. The van der Waals surface area contributed by atoms with Crippen molar-refractivity contribution in [1.82, 2.24) is 15.0 Å². The molecule has 9 nitrogen and oxygen atoms in total. The molecule has 1 saturated heterocycles. The van der Waals surface area contributed by atoms with E-state index < -0.39 is 5.82 Å². The lowest BCUT2D eigenvalue weighted by molar-refractivity contribution is -0.111. The van der Waals surface area contributed by atoms with Crippen molar-refractivity contribution in [3.8, 4) is 11.3 Å². The van der Waals surface area contributed by atoms with Crippen molar-refractivity contribution in [2.45, 2.75) is 6.10 Å². The summed E-state index contributed by atoms with van der Waals surface area (Å²) >= 11 is 0. The Labute approximate surface area is 213 Å². The van der Waals surface area contributed by atoms with Crippen LogP contribution < -0.4 is 21.3 Å². The fourth-order valence-electron chi connectivity index (χ4n) is 4.20. The molecule has 10 heteroatoms. The van der Waals surface area contributed by atoms with Crippen LogP contribution in [0.25, 0.3) is 22.2 Å². The third-order valence-electron chi connectivity index (χ3n) is 6.06. The molecule has 0 aliphatic carbocycles. The van der Waals surface area contributed by atoms with Crippen LogP contribution in [0.1, 0.15) is 0 Å². The number of halogens is 1. The summed E-state index contributed by atoms with van der Waals surface area (Å²) in [5.41, 5.74) is 9.04. The number of hydrogen-bond donors (Lipinski definition) is 3. The molecule has 0 bridgehead atoms.